The third kappa shape index (κ3) is 5.38. The molecule has 0 radical (unpaired) electrons. The molecule has 1 aromatic heterocycles. The van der Waals surface area contributed by atoms with Gasteiger partial charge in [0.05, 0.1) is 6.42 Å². The highest BCUT2D eigenvalue weighted by molar-refractivity contribution is 7.91. The molecule has 0 spiro atoms. The van der Waals surface area contributed by atoms with Crippen LogP contribution in [-0.2, 0) is 37.2 Å². The molecule has 9 heteroatoms. The van der Waals surface area contributed by atoms with Gasteiger partial charge < -0.3 is 10.1 Å². The van der Waals surface area contributed by atoms with E-state index >= 15 is 0 Å². The van der Waals surface area contributed by atoms with Gasteiger partial charge in [-0.25, -0.2) is 13.1 Å². The second kappa shape index (κ2) is 8.64. The largest absolute Gasteiger partial charge is 0.456 e. The molecule has 0 fully saturated rings. The second-order valence-electron chi connectivity index (χ2n) is 6.13. The van der Waals surface area contributed by atoms with Crippen molar-refractivity contribution in [2.75, 3.05) is 18.5 Å². The summed E-state index contributed by atoms with van der Waals surface area (Å²) in [7, 11) is -3.61. The molecule has 1 heterocycles. The van der Waals surface area contributed by atoms with Crippen LogP contribution in [-0.4, -0.2) is 33.4 Å². The maximum atomic E-state index is 11.9. The molecule has 144 valence electrons. The lowest BCUT2D eigenvalue weighted by Gasteiger charge is -2.08. The van der Waals surface area contributed by atoms with Crippen LogP contribution in [0.2, 0.25) is 0 Å². The van der Waals surface area contributed by atoms with Crippen LogP contribution in [0, 0.1) is 0 Å². The fraction of sp³-hybridized carbons (Fsp3) is 0.333. The number of hydrogen-bond donors (Lipinski definition) is 2. The molecule has 1 aliphatic rings. The van der Waals surface area contributed by atoms with Crippen molar-refractivity contribution in [3.63, 3.8) is 0 Å². The number of nitrogens with one attached hydrogen (secondary N) is 2. The van der Waals surface area contributed by atoms with Crippen molar-refractivity contribution in [2.45, 2.75) is 29.9 Å². The van der Waals surface area contributed by atoms with E-state index in [1.165, 1.54) is 17.2 Å². The number of fused-ring (bicyclic) bond motifs is 1. The second-order valence-corrected chi connectivity index (χ2v) is 9.07. The van der Waals surface area contributed by atoms with Gasteiger partial charge in [-0.15, -0.1) is 11.3 Å². The summed E-state index contributed by atoms with van der Waals surface area (Å²) < 4.78 is 31.2. The number of aryl methyl sites for hydroxylation is 2. The van der Waals surface area contributed by atoms with Crippen LogP contribution in [0.1, 0.15) is 24.0 Å². The normalized spacial score (nSPS) is 13.2. The average molecular weight is 409 g/mol. The lowest BCUT2D eigenvalue weighted by Crippen LogP contribution is -2.27. The van der Waals surface area contributed by atoms with Crippen molar-refractivity contribution in [3.05, 3.63) is 46.8 Å². The Balaban J connectivity index is 1.38. The molecular weight excluding hydrogens is 388 g/mol. The highest BCUT2D eigenvalue weighted by Gasteiger charge is 2.16. The van der Waals surface area contributed by atoms with Gasteiger partial charge in [0.1, 0.15) is 4.21 Å². The highest BCUT2D eigenvalue weighted by atomic mass is 32.2. The first-order valence-corrected chi connectivity index (χ1v) is 10.9. The van der Waals surface area contributed by atoms with E-state index in [0.29, 0.717) is 5.69 Å². The van der Waals surface area contributed by atoms with Gasteiger partial charge in [0, 0.05) is 12.2 Å². The first-order chi connectivity index (χ1) is 12.9. The van der Waals surface area contributed by atoms with Crippen molar-refractivity contribution in [1.82, 2.24) is 4.72 Å². The first-order valence-electron chi connectivity index (χ1n) is 8.54. The van der Waals surface area contributed by atoms with E-state index in [2.05, 4.69) is 10.0 Å². The van der Waals surface area contributed by atoms with Crippen molar-refractivity contribution in [2.24, 2.45) is 0 Å². The summed E-state index contributed by atoms with van der Waals surface area (Å²) in [5.74, 6) is -1.08. The fourth-order valence-corrected chi connectivity index (χ4v) is 4.91. The van der Waals surface area contributed by atoms with E-state index in [1.807, 2.05) is 18.2 Å². The number of sulfonamides is 1. The van der Waals surface area contributed by atoms with Gasteiger partial charge in [-0.1, -0.05) is 12.1 Å². The molecule has 1 aromatic carbocycles. The zero-order chi connectivity index (χ0) is 19.3. The molecule has 7 nitrogen and oxygen atoms in total. The maximum Gasteiger partial charge on any atom is 0.307 e. The van der Waals surface area contributed by atoms with Crippen LogP contribution in [0.25, 0.3) is 0 Å². The number of anilines is 1. The summed E-state index contributed by atoms with van der Waals surface area (Å²) in [5, 5.41) is 4.35. The Morgan fingerprint density at radius 3 is 2.74 bits per heavy atom. The maximum absolute atomic E-state index is 11.9. The van der Waals surface area contributed by atoms with Crippen molar-refractivity contribution in [3.8, 4) is 0 Å². The number of esters is 1. The number of hydrogen-bond acceptors (Lipinski definition) is 6. The first kappa shape index (κ1) is 19.5. The topological polar surface area (TPSA) is 102 Å². The van der Waals surface area contributed by atoms with Gasteiger partial charge in [-0.3, -0.25) is 9.59 Å². The molecule has 0 aliphatic heterocycles. The Kier molecular flexibility index (Phi) is 6.25. The van der Waals surface area contributed by atoms with Crippen LogP contribution in [0.4, 0.5) is 5.69 Å². The quantitative estimate of drug-likeness (QED) is 0.651. The Hall–Kier alpha value is -2.23. The molecule has 0 saturated heterocycles. The van der Waals surface area contributed by atoms with Gasteiger partial charge in [0.2, 0.25) is 10.0 Å². The molecule has 0 atom stereocenters. The van der Waals surface area contributed by atoms with Gasteiger partial charge in [0.25, 0.3) is 5.91 Å². The summed E-state index contributed by atoms with van der Waals surface area (Å²) in [5.41, 5.74) is 3.23. The minimum Gasteiger partial charge on any atom is -0.456 e. The molecular formula is C18H20N2O5S2. The van der Waals surface area contributed by atoms with Crippen LogP contribution >= 0.6 is 11.3 Å². The third-order valence-electron chi connectivity index (χ3n) is 4.13. The number of benzene rings is 1. The molecule has 0 unspecified atom stereocenters. The van der Waals surface area contributed by atoms with E-state index in [-0.39, 0.29) is 17.2 Å². The third-order valence-corrected chi connectivity index (χ3v) is 6.99. The van der Waals surface area contributed by atoms with Crippen LogP contribution in [0.15, 0.2) is 39.9 Å². The van der Waals surface area contributed by atoms with E-state index in [9.17, 15) is 18.0 Å². The van der Waals surface area contributed by atoms with Gasteiger partial charge in [-0.2, -0.15) is 0 Å². The number of carbonyl (C=O) groups excluding carboxylic acids is 2. The summed E-state index contributed by atoms with van der Waals surface area (Å²) >= 11 is 1.09. The average Bonchev–Trinajstić information content (AvgIpc) is 3.31. The van der Waals surface area contributed by atoms with E-state index in [1.54, 1.807) is 11.4 Å². The standard InChI is InChI=1S/C18H20N2O5S2/c21-16(20-15-7-6-13-3-1-4-14(13)11-15)12-25-17(22)8-9-19-27(23,24)18-5-2-10-26-18/h2,5-7,10-11,19H,1,3-4,8-9,12H2,(H,20,21). The summed E-state index contributed by atoms with van der Waals surface area (Å²) in [6.45, 7) is -0.501. The molecule has 2 aromatic rings. The summed E-state index contributed by atoms with van der Waals surface area (Å²) in [6, 6.07) is 8.90. The minimum atomic E-state index is -3.61. The number of ether oxygens (including phenoxy) is 1. The van der Waals surface area contributed by atoms with E-state index in [4.69, 9.17) is 4.74 Å². The predicted octanol–water partition coefficient (Wildman–Crippen LogP) is 2.09. The van der Waals surface area contributed by atoms with Gasteiger partial charge >= 0.3 is 5.97 Å². The Morgan fingerprint density at radius 2 is 1.96 bits per heavy atom. The van der Waals surface area contributed by atoms with Gasteiger partial charge in [-0.05, 0) is 54.0 Å². The van der Waals surface area contributed by atoms with Crippen molar-refractivity contribution >= 4 is 38.9 Å². The molecule has 2 N–H and O–H groups in total. The number of amides is 1. The highest BCUT2D eigenvalue weighted by Crippen LogP contribution is 2.24. The van der Waals surface area contributed by atoms with E-state index < -0.39 is 28.5 Å². The van der Waals surface area contributed by atoms with Crippen LogP contribution < -0.4 is 10.0 Å². The monoisotopic (exact) mass is 408 g/mol. The molecule has 1 aliphatic carbocycles. The molecule has 0 saturated carbocycles. The minimum absolute atomic E-state index is 0.0918. The molecule has 0 bridgehead atoms. The Morgan fingerprint density at radius 1 is 1.15 bits per heavy atom. The Bertz CT molecular complexity index is 923. The summed E-state index contributed by atoms with van der Waals surface area (Å²) in [4.78, 5) is 23.6. The zero-order valence-corrected chi connectivity index (χ0v) is 16.2. The van der Waals surface area contributed by atoms with E-state index in [0.717, 1.165) is 30.6 Å². The zero-order valence-electron chi connectivity index (χ0n) is 14.6. The molecule has 3 rings (SSSR count). The number of thiophene rings is 1. The molecule has 1 amide bonds. The van der Waals surface area contributed by atoms with Crippen molar-refractivity contribution < 1.29 is 22.7 Å². The Labute approximate surface area is 161 Å². The summed E-state index contributed by atoms with van der Waals surface area (Å²) in [6.07, 6.45) is 3.05. The number of carbonyl (C=O) groups is 2. The smallest absolute Gasteiger partial charge is 0.307 e. The fourth-order valence-electron chi connectivity index (χ4n) is 2.84. The van der Waals surface area contributed by atoms with Crippen LogP contribution in [0.5, 0.6) is 0 Å². The predicted molar refractivity (Wildman–Crippen MR) is 102 cm³/mol. The number of rotatable bonds is 8. The van der Waals surface area contributed by atoms with Gasteiger partial charge in [0.15, 0.2) is 6.61 Å². The SMILES string of the molecule is O=C(COC(=O)CCNS(=O)(=O)c1cccs1)Nc1ccc2c(c1)CCC2. The molecule has 27 heavy (non-hydrogen) atoms. The lowest BCUT2D eigenvalue weighted by molar-refractivity contribution is -0.147. The van der Waals surface area contributed by atoms with Crippen LogP contribution in [0.3, 0.4) is 0 Å². The van der Waals surface area contributed by atoms with Crippen molar-refractivity contribution in [1.29, 1.82) is 0 Å². The lowest BCUT2D eigenvalue weighted by atomic mass is 10.1.